The van der Waals surface area contributed by atoms with Crippen molar-refractivity contribution in [2.45, 2.75) is 64.2 Å². The van der Waals surface area contributed by atoms with Crippen molar-refractivity contribution in [3.8, 4) is 11.5 Å². The number of furan rings is 1. The summed E-state index contributed by atoms with van der Waals surface area (Å²) in [6.45, 7) is 7.69. The van der Waals surface area contributed by atoms with Gasteiger partial charge in [-0.1, -0.05) is 45.4 Å². The summed E-state index contributed by atoms with van der Waals surface area (Å²) in [6, 6.07) is 11.6. The van der Waals surface area contributed by atoms with Crippen molar-refractivity contribution in [2.24, 2.45) is 11.3 Å². The summed E-state index contributed by atoms with van der Waals surface area (Å²) < 4.78 is 6.45. The zero-order valence-electron chi connectivity index (χ0n) is 20.1. The molecule has 0 aliphatic heterocycles. The van der Waals surface area contributed by atoms with Crippen LogP contribution in [0.5, 0.6) is 11.5 Å². The third kappa shape index (κ3) is 3.57. The number of nitrogens with one attached hydrogen (secondary N) is 1. The Bertz CT molecular complexity index is 1200. The Labute approximate surface area is 200 Å². The lowest BCUT2D eigenvalue weighted by Crippen LogP contribution is -2.44. The molecule has 3 aromatic rings. The quantitative estimate of drug-likeness (QED) is 0.286. The minimum atomic E-state index is -1.96. The molecule has 2 aliphatic carbocycles. The molecule has 1 saturated carbocycles. The first kappa shape index (κ1) is 23.1. The second kappa shape index (κ2) is 8.24. The van der Waals surface area contributed by atoms with Crippen LogP contribution >= 0.6 is 0 Å². The molecule has 0 radical (unpaired) electrons. The predicted molar refractivity (Wildman–Crippen MR) is 135 cm³/mol. The average Bonchev–Trinajstić information content (AvgIpc) is 3.09. The smallest absolute Gasteiger partial charge is 0.496 e. The minimum Gasteiger partial charge on any atom is -0.504 e. The van der Waals surface area contributed by atoms with Gasteiger partial charge in [0.1, 0.15) is 11.3 Å². The van der Waals surface area contributed by atoms with E-state index in [1.165, 1.54) is 6.07 Å². The van der Waals surface area contributed by atoms with Crippen LogP contribution in [0.2, 0.25) is 0 Å². The highest BCUT2D eigenvalue weighted by molar-refractivity contribution is 6.63. The van der Waals surface area contributed by atoms with Gasteiger partial charge in [0.15, 0.2) is 11.5 Å². The van der Waals surface area contributed by atoms with Crippen molar-refractivity contribution in [1.82, 2.24) is 0 Å². The lowest BCUT2D eigenvalue weighted by Gasteiger charge is -2.50. The first-order valence-corrected chi connectivity index (χ1v) is 12.3. The molecule has 0 spiro atoms. The Hall–Kier alpha value is -2.64. The average molecular weight is 463 g/mol. The Kier molecular flexibility index (Phi) is 5.61. The zero-order valence-corrected chi connectivity index (χ0v) is 20.1. The van der Waals surface area contributed by atoms with Gasteiger partial charge in [-0.05, 0) is 60.6 Å². The number of fused-ring (bicyclic) bond motifs is 5. The Morgan fingerprint density at radius 3 is 2.50 bits per heavy atom. The number of aromatic hydroxyl groups is 2. The number of benzene rings is 2. The van der Waals surface area contributed by atoms with Crippen LogP contribution in [0.3, 0.4) is 0 Å². The maximum absolute atomic E-state index is 10.5. The fourth-order valence-corrected chi connectivity index (χ4v) is 6.99. The van der Waals surface area contributed by atoms with Gasteiger partial charge in [0.2, 0.25) is 0 Å². The third-order valence-electron chi connectivity index (χ3n) is 8.56. The van der Waals surface area contributed by atoms with Crippen LogP contribution in [0.15, 0.2) is 40.8 Å². The molecule has 6 nitrogen and oxygen atoms in total. The Morgan fingerprint density at radius 2 is 1.79 bits per heavy atom. The lowest BCUT2D eigenvalue weighted by atomic mass is 9.53. The summed E-state index contributed by atoms with van der Waals surface area (Å²) in [4.78, 5) is 0. The van der Waals surface area contributed by atoms with Crippen molar-refractivity contribution in [3.63, 3.8) is 0 Å². The van der Waals surface area contributed by atoms with E-state index in [9.17, 15) is 20.3 Å². The predicted octanol–water partition coefficient (Wildman–Crippen LogP) is 4.60. The van der Waals surface area contributed by atoms with E-state index in [1.54, 1.807) is 0 Å². The fraction of sp³-hybridized carbons (Fsp3) is 0.481. The van der Waals surface area contributed by atoms with E-state index >= 15 is 0 Å². The molecule has 3 unspecified atom stereocenters. The van der Waals surface area contributed by atoms with Gasteiger partial charge in [0, 0.05) is 29.1 Å². The highest BCUT2D eigenvalue weighted by atomic mass is 16.4. The van der Waals surface area contributed by atoms with Crippen molar-refractivity contribution >= 4 is 29.2 Å². The Balaban J connectivity index is 1.72. The van der Waals surface area contributed by atoms with Crippen LogP contribution in [0.25, 0.3) is 11.0 Å². The standard InChI is InChI=1S/C27H34BNO5/c1-26(2)12-7-13-27(3)20(26)11-10-16(15-29-17-8-5-4-6-9-17)24-21(27)18-14-19(30)23(31)22(28(32)33)25(18)34-24/h4-6,8-9,14,16,20,29-33H,7,10-13,15H2,1-3H3. The molecule has 1 fully saturated rings. The first-order chi connectivity index (χ1) is 16.1. The highest BCUT2D eigenvalue weighted by Crippen LogP contribution is 2.59. The van der Waals surface area contributed by atoms with E-state index in [0.717, 1.165) is 49.1 Å². The summed E-state index contributed by atoms with van der Waals surface area (Å²) >= 11 is 0. The van der Waals surface area contributed by atoms with Gasteiger partial charge < -0.3 is 30.0 Å². The molecule has 7 heteroatoms. The maximum atomic E-state index is 10.5. The van der Waals surface area contributed by atoms with Crippen LogP contribution in [0.4, 0.5) is 5.69 Å². The SMILES string of the molecule is CC1(C)CCCC2(C)c3c(oc4c(B(O)O)c(O)c(O)cc34)C(CNc3ccccc3)CCC12. The number of hydrogen-bond acceptors (Lipinski definition) is 6. The molecule has 34 heavy (non-hydrogen) atoms. The third-order valence-corrected chi connectivity index (χ3v) is 8.56. The molecule has 5 N–H and O–H groups in total. The molecular formula is C27H34BNO5. The van der Waals surface area contributed by atoms with E-state index in [1.807, 2.05) is 30.3 Å². The highest BCUT2D eigenvalue weighted by Gasteiger charge is 2.52. The molecule has 2 aromatic carbocycles. The van der Waals surface area contributed by atoms with E-state index < -0.39 is 12.9 Å². The summed E-state index contributed by atoms with van der Waals surface area (Å²) in [5.41, 5.74) is 2.13. The van der Waals surface area contributed by atoms with E-state index in [0.29, 0.717) is 17.8 Å². The van der Waals surface area contributed by atoms with Crippen LogP contribution in [-0.2, 0) is 5.41 Å². The van der Waals surface area contributed by atoms with Gasteiger partial charge in [-0.3, -0.25) is 0 Å². The van der Waals surface area contributed by atoms with Gasteiger partial charge in [0.05, 0.1) is 5.46 Å². The van der Waals surface area contributed by atoms with Crippen molar-refractivity contribution < 1.29 is 24.7 Å². The van der Waals surface area contributed by atoms with Gasteiger partial charge >= 0.3 is 7.12 Å². The van der Waals surface area contributed by atoms with E-state index in [4.69, 9.17) is 4.42 Å². The maximum Gasteiger partial charge on any atom is 0.496 e. The number of phenols is 2. The number of anilines is 1. The number of phenolic OH excluding ortho intramolecular Hbond substituents is 2. The molecule has 2 aliphatic rings. The first-order valence-electron chi connectivity index (χ1n) is 12.3. The number of hydrogen-bond donors (Lipinski definition) is 5. The molecule has 0 bridgehead atoms. The molecular weight excluding hydrogens is 429 g/mol. The fourth-order valence-electron chi connectivity index (χ4n) is 6.99. The summed E-state index contributed by atoms with van der Waals surface area (Å²) in [7, 11) is -1.96. The van der Waals surface area contributed by atoms with E-state index in [-0.39, 0.29) is 33.5 Å². The monoisotopic (exact) mass is 463 g/mol. The van der Waals surface area contributed by atoms with Crippen LogP contribution < -0.4 is 10.8 Å². The van der Waals surface area contributed by atoms with Crippen LogP contribution in [0, 0.1) is 11.3 Å². The van der Waals surface area contributed by atoms with Gasteiger partial charge in [-0.2, -0.15) is 0 Å². The van der Waals surface area contributed by atoms with Crippen molar-refractivity contribution in [1.29, 1.82) is 0 Å². The largest absolute Gasteiger partial charge is 0.504 e. The molecule has 0 amide bonds. The molecule has 180 valence electrons. The van der Waals surface area contributed by atoms with E-state index in [2.05, 4.69) is 26.1 Å². The van der Waals surface area contributed by atoms with Gasteiger partial charge in [-0.25, -0.2) is 0 Å². The van der Waals surface area contributed by atoms with Gasteiger partial charge in [-0.15, -0.1) is 0 Å². The second-order valence-corrected chi connectivity index (χ2v) is 11.1. The summed E-state index contributed by atoms with van der Waals surface area (Å²) in [5, 5.41) is 45.3. The Morgan fingerprint density at radius 1 is 1.06 bits per heavy atom. The summed E-state index contributed by atoms with van der Waals surface area (Å²) in [5.74, 6) is 0.393. The molecule has 1 aromatic heterocycles. The van der Waals surface area contributed by atoms with Crippen molar-refractivity contribution in [3.05, 3.63) is 47.7 Å². The lowest BCUT2D eigenvalue weighted by molar-refractivity contribution is 0.0503. The molecule has 0 saturated heterocycles. The number of rotatable bonds is 4. The summed E-state index contributed by atoms with van der Waals surface area (Å²) in [6.07, 6.45) is 5.26. The second-order valence-electron chi connectivity index (χ2n) is 11.1. The topological polar surface area (TPSA) is 106 Å². The van der Waals surface area contributed by atoms with Crippen LogP contribution in [-0.4, -0.2) is 33.9 Å². The zero-order chi connectivity index (χ0) is 24.3. The van der Waals surface area contributed by atoms with Crippen molar-refractivity contribution in [2.75, 3.05) is 11.9 Å². The van der Waals surface area contributed by atoms with Gasteiger partial charge in [0.25, 0.3) is 0 Å². The normalized spacial score (nSPS) is 25.9. The molecule has 5 rings (SSSR count). The molecule has 1 heterocycles. The minimum absolute atomic E-state index is 0.0637. The van der Waals surface area contributed by atoms with Crippen LogP contribution in [0.1, 0.15) is 70.1 Å². The number of para-hydroxylation sites is 1. The molecule has 3 atom stereocenters.